The van der Waals surface area contributed by atoms with Crippen LogP contribution in [0.4, 0.5) is 0 Å². The third kappa shape index (κ3) is 4.93. The summed E-state index contributed by atoms with van der Waals surface area (Å²) in [6.45, 7) is 1.00. The summed E-state index contributed by atoms with van der Waals surface area (Å²) in [5, 5.41) is 12.3. The average molecular weight is 385 g/mol. The van der Waals surface area contributed by atoms with E-state index in [0.29, 0.717) is 11.8 Å². The molecule has 4 rings (SSSR count). The zero-order valence-electron chi connectivity index (χ0n) is 16.6. The van der Waals surface area contributed by atoms with Crippen LogP contribution in [-0.2, 0) is 4.79 Å². The lowest BCUT2D eigenvalue weighted by molar-refractivity contribution is -0.139. The molecule has 0 aliphatic heterocycles. The van der Waals surface area contributed by atoms with Gasteiger partial charge in [-0.15, -0.1) is 0 Å². The van der Waals surface area contributed by atoms with E-state index in [1.807, 2.05) is 12.1 Å². The highest BCUT2D eigenvalue weighted by atomic mass is 16.4. The molecule has 0 saturated heterocycles. The van der Waals surface area contributed by atoms with E-state index in [1.165, 1.54) is 50.5 Å². The Bertz CT molecular complexity index is 686. The zero-order chi connectivity index (χ0) is 19.5. The quantitative estimate of drug-likeness (QED) is 0.715. The number of nitrogens with zero attached hydrogens (tertiary/aromatic N) is 1. The van der Waals surface area contributed by atoms with E-state index < -0.39 is 5.97 Å². The van der Waals surface area contributed by atoms with Gasteiger partial charge in [0.1, 0.15) is 0 Å². The predicted molar refractivity (Wildman–Crippen MR) is 108 cm³/mol. The summed E-state index contributed by atoms with van der Waals surface area (Å²) in [4.78, 5) is 25.8. The number of aliphatic carboxylic acids is 1. The fraction of sp³-hybridized carbons (Fsp3) is 0.652. The van der Waals surface area contributed by atoms with Crippen molar-refractivity contribution in [3.05, 3.63) is 35.4 Å². The molecular formula is C23H32N2O3. The molecule has 28 heavy (non-hydrogen) atoms. The van der Waals surface area contributed by atoms with Gasteiger partial charge in [0.15, 0.2) is 0 Å². The van der Waals surface area contributed by atoms with Gasteiger partial charge in [-0.05, 0) is 68.1 Å². The molecule has 5 nitrogen and oxygen atoms in total. The van der Waals surface area contributed by atoms with E-state index in [2.05, 4.69) is 22.3 Å². The molecule has 0 unspecified atom stereocenters. The van der Waals surface area contributed by atoms with Crippen molar-refractivity contribution in [2.24, 2.45) is 5.92 Å². The lowest BCUT2D eigenvalue weighted by Gasteiger charge is -2.42. The summed E-state index contributed by atoms with van der Waals surface area (Å²) in [7, 11) is 0. The van der Waals surface area contributed by atoms with Crippen molar-refractivity contribution in [3.63, 3.8) is 0 Å². The Morgan fingerprint density at radius 3 is 2.29 bits per heavy atom. The summed E-state index contributed by atoms with van der Waals surface area (Å²) in [6.07, 6.45) is 10.7. The van der Waals surface area contributed by atoms with Gasteiger partial charge in [0.25, 0.3) is 5.91 Å². The molecule has 0 atom stereocenters. The van der Waals surface area contributed by atoms with Gasteiger partial charge in [0.05, 0.1) is 6.54 Å². The van der Waals surface area contributed by atoms with Gasteiger partial charge in [-0.25, -0.2) is 0 Å². The van der Waals surface area contributed by atoms with Crippen molar-refractivity contribution >= 4 is 11.9 Å². The first kappa shape index (κ1) is 19.4. The number of hydrogen-bond acceptors (Lipinski definition) is 3. The second kappa shape index (κ2) is 8.64. The zero-order valence-corrected chi connectivity index (χ0v) is 16.6. The molecule has 0 bridgehead atoms. The van der Waals surface area contributed by atoms with Crippen molar-refractivity contribution in [3.8, 4) is 0 Å². The molecule has 3 aliphatic rings. The Morgan fingerprint density at radius 2 is 1.68 bits per heavy atom. The molecule has 0 heterocycles. The number of amides is 1. The van der Waals surface area contributed by atoms with Crippen molar-refractivity contribution in [1.82, 2.24) is 10.2 Å². The molecular weight excluding hydrogens is 352 g/mol. The monoisotopic (exact) mass is 384 g/mol. The van der Waals surface area contributed by atoms with Crippen LogP contribution in [0.25, 0.3) is 0 Å². The Kier molecular flexibility index (Phi) is 6.00. The second-order valence-corrected chi connectivity index (χ2v) is 9.02. The van der Waals surface area contributed by atoms with E-state index in [4.69, 9.17) is 5.11 Å². The average Bonchev–Trinajstić information content (AvgIpc) is 3.48. The van der Waals surface area contributed by atoms with Crippen LogP contribution in [0.15, 0.2) is 24.3 Å². The van der Waals surface area contributed by atoms with Gasteiger partial charge in [0, 0.05) is 24.2 Å². The molecule has 1 aromatic carbocycles. The van der Waals surface area contributed by atoms with Crippen LogP contribution in [0, 0.1) is 5.92 Å². The summed E-state index contributed by atoms with van der Waals surface area (Å²) in [5.74, 6) is 0.567. The van der Waals surface area contributed by atoms with Crippen LogP contribution in [0.2, 0.25) is 0 Å². The van der Waals surface area contributed by atoms with Crippen LogP contribution in [0.1, 0.15) is 79.6 Å². The first-order valence-electron chi connectivity index (χ1n) is 10.9. The highest BCUT2D eigenvalue weighted by molar-refractivity contribution is 5.94. The largest absolute Gasteiger partial charge is 0.480 e. The first-order chi connectivity index (χ1) is 13.6. The second-order valence-electron chi connectivity index (χ2n) is 9.02. The molecule has 0 aromatic heterocycles. The Hall–Kier alpha value is -1.88. The van der Waals surface area contributed by atoms with E-state index in [-0.39, 0.29) is 24.5 Å². The number of benzene rings is 1. The number of rotatable bonds is 8. The highest BCUT2D eigenvalue weighted by Gasteiger charge is 2.37. The van der Waals surface area contributed by atoms with Gasteiger partial charge in [-0.1, -0.05) is 31.4 Å². The Morgan fingerprint density at radius 1 is 1.00 bits per heavy atom. The molecule has 152 valence electrons. The van der Waals surface area contributed by atoms with Gasteiger partial charge in [0.2, 0.25) is 0 Å². The lowest BCUT2D eigenvalue weighted by atomic mass is 9.83. The number of hydrogen-bond donors (Lipinski definition) is 2. The van der Waals surface area contributed by atoms with Gasteiger partial charge in [-0.2, -0.15) is 0 Å². The van der Waals surface area contributed by atoms with Gasteiger partial charge < -0.3 is 10.4 Å². The van der Waals surface area contributed by atoms with Gasteiger partial charge in [-0.3, -0.25) is 14.5 Å². The number of carbonyl (C=O) groups is 2. The first-order valence-corrected chi connectivity index (χ1v) is 10.9. The van der Waals surface area contributed by atoms with Crippen LogP contribution in [0.3, 0.4) is 0 Å². The van der Waals surface area contributed by atoms with Crippen molar-refractivity contribution in [1.29, 1.82) is 0 Å². The van der Waals surface area contributed by atoms with Crippen molar-refractivity contribution in [2.45, 2.75) is 75.8 Å². The van der Waals surface area contributed by atoms with E-state index in [9.17, 15) is 9.59 Å². The minimum atomic E-state index is -0.758. The fourth-order valence-corrected chi connectivity index (χ4v) is 4.76. The normalized spacial score (nSPS) is 25.3. The van der Waals surface area contributed by atoms with Crippen molar-refractivity contribution in [2.75, 3.05) is 13.1 Å². The Balaban J connectivity index is 1.25. The Labute approximate surface area is 167 Å². The molecule has 3 fully saturated rings. The molecule has 0 spiro atoms. The number of carbonyl (C=O) groups excluding carboxylic acids is 1. The third-order valence-electron chi connectivity index (χ3n) is 6.74. The fourth-order valence-electron chi connectivity index (χ4n) is 4.76. The molecule has 0 radical (unpaired) electrons. The maximum Gasteiger partial charge on any atom is 0.317 e. The molecule has 1 amide bonds. The third-order valence-corrected chi connectivity index (χ3v) is 6.74. The van der Waals surface area contributed by atoms with E-state index >= 15 is 0 Å². The highest BCUT2D eigenvalue weighted by Crippen LogP contribution is 2.34. The molecule has 3 saturated carbocycles. The number of carboxylic acids is 1. The van der Waals surface area contributed by atoms with E-state index in [0.717, 1.165) is 24.9 Å². The summed E-state index contributed by atoms with van der Waals surface area (Å²) < 4.78 is 0. The maximum absolute atomic E-state index is 12.6. The number of nitrogens with one attached hydrogen (secondary N) is 1. The van der Waals surface area contributed by atoms with Crippen LogP contribution < -0.4 is 5.32 Å². The predicted octanol–water partition coefficient (Wildman–Crippen LogP) is 3.79. The smallest absolute Gasteiger partial charge is 0.317 e. The minimum absolute atomic E-state index is 0.00868. The summed E-state index contributed by atoms with van der Waals surface area (Å²) in [6, 6.07) is 8.61. The maximum atomic E-state index is 12.6. The summed E-state index contributed by atoms with van der Waals surface area (Å²) >= 11 is 0. The molecule has 5 heteroatoms. The van der Waals surface area contributed by atoms with Crippen molar-refractivity contribution < 1.29 is 14.7 Å². The SMILES string of the molecule is O=C(O)CN(CC1CC1)C1CC(NC(=O)c2ccc(C3CCCCC3)cc2)C1. The topological polar surface area (TPSA) is 69.6 Å². The van der Waals surface area contributed by atoms with E-state index in [1.54, 1.807) is 0 Å². The van der Waals surface area contributed by atoms with Gasteiger partial charge >= 0.3 is 5.97 Å². The summed E-state index contributed by atoms with van der Waals surface area (Å²) in [5.41, 5.74) is 2.09. The lowest BCUT2D eigenvalue weighted by Crippen LogP contribution is -2.55. The van der Waals surface area contributed by atoms with Crippen LogP contribution in [0.5, 0.6) is 0 Å². The molecule has 2 N–H and O–H groups in total. The standard InChI is InChI=1S/C23H32N2O3/c26-22(27)15-25(14-16-6-7-16)21-12-20(13-21)24-23(28)19-10-8-18(9-11-19)17-4-2-1-3-5-17/h8-11,16-17,20-21H,1-7,12-15H2,(H,24,28)(H,26,27). The van der Waals surface area contributed by atoms with Crippen LogP contribution in [-0.4, -0.2) is 47.1 Å². The number of carboxylic acid groups (broad SMARTS) is 1. The molecule has 1 aromatic rings. The van der Waals surface area contributed by atoms with Crippen LogP contribution >= 0.6 is 0 Å². The molecule has 3 aliphatic carbocycles. The minimum Gasteiger partial charge on any atom is -0.480 e.